The van der Waals surface area contributed by atoms with Crippen LogP contribution < -0.4 is 0 Å². The van der Waals surface area contributed by atoms with Gasteiger partial charge in [-0.3, -0.25) is 4.79 Å². The number of carbonyl (C=O) groups excluding carboxylic acids is 1. The summed E-state index contributed by atoms with van der Waals surface area (Å²) in [5.41, 5.74) is -0.123. The highest BCUT2D eigenvalue weighted by molar-refractivity contribution is 9.24. The van der Waals surface area contributed by atoms with Gasteiger partial charge in [0.15, 0.2) is 5.78 Å². The summed E-state index contributed by atoms with van der Waals surface area (Å²) in [6.45, 7) is 4.34. The van der Waals surface area contributed by atoms with Crippen LogP contribution in [-0.4, -0.2) is 14.3 Å². The van der Waals surface area contributed by atoms with E-state index in [-0.39, 0.29) is 19.4 Å². The monoisotopic (exact) mass is 386 g/mol. The van der Waals surface area contributed by atoms with Gasteiger partial charge in [-0.25, -0.2) is 0 Å². The summed E-state index contributed by atoms with van der Waals surface area (Å²) >= 11 is 10.8. The lowest BCUT2D eigenvalue weighted by Crippen LogP contribution is -2.39. The summed E-state index contributed by atoms with van der Waals surface area (Å²) in [6, 6.07) is 0. The normalized spacial score (nSPS) is 52.0. The topological polar surface area (TPSA) is 17.1 Å². The predicted octanol–water partition coefficient (Wildman–Crippen LogP) is 3.87. The third-order valence-electron chi connectivity index (χ3n) is 4.52. The zero-order valence-electron chi connectivity index (χ0n) is 8.19. The molecule has 0 spiro atoms. The van der Waals surface area contributed by atoms with Crippen LogP contribution in [0.3, 0.4) is 0 Å². The van der Waals surface area contributed by atoms with Crippen LogP contribution in [0.2, 0.25) is 0 Å². The van der Waals surface area contributed by atoms with Gasteiger partial charge in [0.1, 0.15) is 0 Å². The largest absolute Gasteiger partial charge is 0.298 e. The molecule has 14 heavy (non-hydrogen) atoms. The van der Waals surface area contributed by atoms with Crippen LogP contribution in [0.5, 0.6) is 0 Å². The molecule has 4 atom stereocenters. The van der Waals surface area contributed by atoms with E-state index < -0.39 is 0 Å². The minimum absolute atomic E-state index is 0.0399. The van der Waals surface area contributed by atoms with Gasteiger partial charge in [0.05, 0.1) is 8.56 Å². The average Bonchev–Trinajstić information content (AvgIpc) is 2.45. The molecule has 1 nitrogen and oxygen atoms in total. The second-order valence-electron chi connectivity index (χ2n) is 4.83. The van der Waals surface area contributed by atoms with E-state index in [1.807, 2.05) is 0 Å². The fourth-order valence-electron chi connectivity index (χ4n) is 3.15. The van der Waals surface area contributed by atoms with Crippen molar-refractivity contribution in [3.63, 3.8) is 0 Å². The molecule has 0 saturated heterocycles. The summed E-state index contributed by atoms with van der Waals surface area (Å²) < 4.78 is 0.214. The van der Waals surface area contributed by atoms with Gasteiger partial charge in [-0.05, 0) is 18.8 Å². The number of rotatable bonds is 1. The van der Waals surface area contributed by atoms with E-state index in [0.717, 1.165) is 12.8 Å². The highest BCUT2D eigenvalue weighted by atomic mass is 79.9. The maximum absolute atomic E-state index is 12.1. The van der Waals surface area contributed by atoms with Crippen LogP contribution in [0, 0.1) is 16.7 Å². The molecule has 80 valence electrons. The Hall–Kier alpha value is 1.11. The van der Waals surface area contributed by atoms with Crippen LogP contribution >= 0.6 is 47.8 Å². The first-order valence-corrected chi connectivity index (χ1v) is 7.57. The molecule has 2 rings (SSSR count). The first kappa shape index (κ1) is 11.6. The van der Waals surface area contributed by atoms with Crippen molar-refractivity contribution in [1.82, 2.24) is 0 Å². The summed E-state index contributed by atoms with van der Waals surface area (Å²) in [5, 5.41) is 0. The first-order valence-electron chi connectivity index (χ1n) is 4.82. The standard InChI is InChI=1S/C10H13Br3O/c1-9-4-3-5(6(11)7(9)14)10(9,2)8(12)13/h5-6,8H,3-4H2,1-2H3/t5-,6?,9+,10-/m1/s1. The smallest absolute Gasteiger partial charge is 0.153 e. The van der Waals surface area contributed by atoms with Crippen molar-refractivity contribution < 1.29 is 4.79 Å². The molecule has 0 amide bonds. The van der Waals surface area contributed by atoms with E-state index in [2.05, 4.69) is 61.6 Å². The number of ketones is 1. The van der Waals surface area contributed by atoms with E-state index in [1.165, 1.54) is 0 Å². The van der Waals surface area contributed by atoms with Crippen molar-refractivity contribution in [3.8, 4) is 0 Å². The van der Waals surface area contributed by atoms with Crippen LogP contribution in [0.15, 0.2) is 0 Å². The highest BCUT2D eigenvalue weighted by Gasteiger charge is 2.69. The summed E-state index contributed by atoms with van der Waals surface area (Å²) in [6.07, 6.45) is 2.19. The van der Waals surface area contributed by atoms with Gasteiger partial charge in [0.25, 0.3) is 0 Å². The number of hydrogen-bond donors (Lipinski definition) is 0. The minimum atomic E-state index is -0.163. The molecule has 4 heteroatoms. The molecule has 0 aliphatic heterocycles. The Morgan fingerprint density at radius 1 is 1.43 bits per heavy atom. The van der Waals surface area contributed by atoms with E-state index in [9.17, 15) is 4.79 Å². The van der Waals surface area contributed by atoms with Crippen LogP contribution in [0.25, 0.3) is 0 Å². The lowest BCUT2D eigenvalue weighted by molar-refractivity contribution is -0.127. The third-order valence-corrected chi connectivity index (χ3v) is 7.47. The zero-order chi connectivity index (χ0) is 10.7. The molecule has 0 radical (unpaired) electrons. The van der Waals surface area contributed by atoms with Crippen molar-refractivity contribution in [1.29, 1.82) is 0 Å². The molecule has 2 bridgehead atoms. The average molecular weight is 389 g/mol. The van der Waals surface area contributed by atoms with Crippen molar-refractivity contribution in [2.45, 2.75) is 35.3 Å². The number of halogens is 3. The van der Waals surface area contributed by atoms with Gasteiger partial charge in [0.2, 0.25) is 0 Å². The number of Topliss-reactive ketones (excluding diaryl/α,β-unsaturated/α-hetero) is 1. The number of alkyl halides is 3. The first-order chi connectivity index (χ1) is 6.35. The fourth-order valence-corrected chi connectivity index (χ4v) is 6.16. The van der Waals surface area contributed by atoms with Crippen molar-refractivity contribution in [2.24, 2.45) is 16.7 Å². The van der Waals surface area contributed by atoms with Gasteiger partial charge >= 0.3 is 0 Å². The molecule has 2 fully saturated rings. The molecular formula is C10H13Br3O. The maximum Gasteiger partial charge on any atom is 0.153 e. The van der Waals surface area contributed by atoms with Gasteiger partial charge < -0.3 is 0 Å². The maximum atomic E-state index is 12.1. The van der Waals surface area contributed by atoms with Crippen LogP contribution in [0.4, 0.5) is 0 Å². The summed E-state index contributed by atoms with van der Waals surface area (Å²) in [4.78, 5) is 12.2. The predicted molar refractivity (Wildman–Crippen MR) is 68.3 cm³/mol. The highest BCUT2D eigenvalue weighted by Crippen LogP contribution is 2.68. The summed E-state index contributed by atoms with van der Waals surface area (Å²) in [7, 11) is 0. The molecule has 0 aromatic carbocycles. The molecule has 0 aromatic rings. The molecule has 2 aliphatic carbocycles. The lowest BCUT2D eigenvalue weighted by atomic mass is 9.70. The molecule has 1 unspecified atom stereocenters. The van der Waals surface area contributed by atoms with E-state index in [0.29, 0.717) is 11.7 Å². The quantitative estimate of drug-likeness (QED) is 0.623. The minimum Gasteiger partial charge on any atom is -0.298 e. The Labute approximate surface area is 110 Å². The molecule has 2 saturated carbocycles. The Kier molecular flexibility index (Phi) is 2.73. The van der Waals surface area contributed by atoms with E-state index in [4.69, 9.17) is 0 Å². The van der Waals surface area contributed by atoms with Crippen LogP contribution in [0.1, 0.15) is 26.7 Å². The number of fused-ring (bicyclic) bond motifs is 2. The van der Waals surface area contributed by atoms with Gasteiger partial charge in [-0.15, -0.1) is 0 Å². The van der Waals surface area contributed by atoms with E-state index >= 15 is 0 Å². The fraction of sp³-hybridized carbons (Fsp3) is 0.900. The third kappa shape index (κ3) is 1.08. The van der Waals surface area contributed by atoms with Crippen molar-refractivity contribution in [3.05, 3.63) is 0 Å². The Morgan fingerprint density at radius 2 is 2.00 bits per heavy atom. The number of hydrogen-bond acceptors (Lipinski definition) is 1. The molecular weight excluding hydrogens is 376 g/mol. The van der Waals surface area contributed by atoms with Crippen molar-refractivity contribution in [2.75, 3.05) is 0 Å². The number of carbonyl (C=O) groups is 1. The van der Waals surface area contributed by atoms with Gasteiger partial charge in [-0.2, -0.15) is 0 Å². The van der Waals surface area contributed by atoms with E-state index in [1.54, 1.807) is 0 Å². The summed E-state index contributed by atoms with van der Waals surface area (Å²) in [5.74, 6) is 0.851. The lowest BCUT2D eigenvalue weighted by Gasteiger charge is -2.38. The molecule has 0 heterocycles. The van der Waals surface area contributed by atoms with Gasteiger partial charge in [-0.1, -0.05) is 61.6 Å². The second-order valence-corrected chi connectivity index (χ2v) is 8.87. The van der Waals surface area contributed by atoms with Crippen molar-refractivity contribution >= 4 is 53.6 Å². The van der Waals surface area contributed by atoms with Gasteiger partial charge in [0, 0.05) is 10.8 Å². The Morgan fingerprint density at radius 3 is 2.29 bits per heavy atom. The Bertz CT molecular complexity index is 291. The second kappa shape index (κ2) is 3.30. The molecule has 0 N–H and O–H groups in total. The zero-order valence-corrected chi connectivity index (χ0v) is 12.9. The molecule has 2 aliphatic rings. The van der Waals surface area contributed by atoms with Crippen LogP contribution in [-0.2, 0) is 4.79 Å². The Balaban J connectivity index is 2.51. The molecule has 0 aromatic heterocycles. The SMILES string of the molecule is C[C@]12CC[C@H](C(Br)C1=O)[C@]2(C)C(Br)Br.